The molecule has 0 unspecified atom stereocenters. The fraction of sp³-hybridized carbons (Fsp3) is 0.120. The fourth-order valence-electron chi connectivity index (χ4n) is 3.81. The summed E-state index contributed by atoms with van der Waals surface area (Å²) in [5.74, 6) is -1.15. The van der Waals surface area contributed by atoms with Crippen molar-refractivity contribution in [3.05, 3.63) is 93.0 Å². The van der Waals surface area contributed by atoms with Crippen LogP contribution < -0.4 is 9.47 Å². The number of Topliss-reactive ketones (excluding diaryl/α,β-unsaturated/α-hetero) is 1. The lowest BCUT2D eigenvalue weighted by molar-refractivity contribution is 0.0474. The molecule has 0 fully saturated rings. The van der Waals surface area contributed by atoms with Crippen LogP contribution in [0.5, 0.6) is 11.5 Å². The predicted molar refractivity (Wildman–Crippen MR) is 117 cm³/mol. The number of hydrogen-bond donors (Lipinski definition) is 0. The van der Waals surface area contributed by atoms with Gasteiger partial charge in [0.05, 0.1) is 16.1 Å². The summed E-state index contributed by atoms with van der Waals surface area (Å²) in [5, 5.41) is -0.183. The van der Waals surface area contributed by atoms with E-state index in [1.54, 1.807) is 30.3 Å². The zero-order valence-corrected chi connectivity index (χ0v) is 17.8. The van der Waals surface area contributed by atoms with Crippen molar-refractivity contribution in [3.8, 4) is 11.5 Å². The summed E-state index contributed by atoms with van der Waals surface area (Å²) >= 11 is 6.37. The molecule has 0 atom stereocenters. The van der Waals surface area contributed by atoms with Gasteiger partial charge in [-0.25, -0.2) is 4.79 Å². The van der Waals surface area contributed by atoms with E-state index in [4.69, 9.17) is 25.8 Å². The molecule has 0 radical (unpaired) electrons. The van der Waals surface area contributed by atoms with Gasteiger partial charge in [0.15, 0.2) is 35.5 Å². The first-order chi connectivity index (χ1) is 16.0. The number of fused-ring (bicyclic) bond motifs is 3. The Bertz CT molecular complexity index is 1360. The molecular weight excluding hydrogens is 448 g/mol. The Balaban J connectivity index is 1.36. The van der Waals surface area contributed by atoms with Gasteiger partial charge in [-0.05, 0) is 30.3 Å². The number of halogens is 1. The van der Waals surface area contributed by atoms with Gasteiger partial charge in [0, 0.05) is 22.3 Å². The monoisotopic (exact) mass is 462 g/mol. The average Bonchev–Trinajstić information content (AvgIpc) is 2.85. The van der Waals surface area contributed by atoms with E-state index in [1.165, 1.54) is 24.3 Å². The molecule has 0 saturated heterocycles. The number of carbonyl (C=O) groups is 4. The van der Waals surface area contributed by atoms with Crippen molar-refractivity contribution >= 4 is 34.9 Å². The first-order valence-corrected chi connectivity index (χ1v) is 10.4. The summed E-state index contributed by atoms with van der Waals surface area (Å²) < 4.78 is 16.0. The molecule has 0 amide bonds. The summed E-state index contributed by atoms with van der Waals surface area (Å²) in [5.41, 5.74) is 0.759. The summed E-state index contributed by atoms with van der Waals surface area (Å²) in [6.45, 7) is 0.267. The summed E-state index contributed by atoms with van der Waals surface area (Å²) in [6.07, 6.45) is 0. The largest absolute Gasteiger partial charge is 0.486 e. The summed E-state index contributed by atoms with van der Waals surface area (Å²) in [7, 11) is 0. The van der Waals surface area contributed by atoms with Gasteiger partial charge in [0.25, 0.3) is 0 Å². The molecule has 1 aliphatic heterocycles. The van der Waals surface area contributed by atoms with E-state index in [9.17, 15) is 19.2 Å². The van der Waals surface area contributed by atoms with E-state index in [2.05, 4.69) is 0 Å². The molecule has 0 saturated carbocycles. The topological polar surface area (TPSA) is 96.0 Å². The second-order valence-electron chi connectivity index (χ2n) is 7.41. The van der Waals surface area contributed by atoms with Crippen LogP contribution in [0.2, 0.25) is 5.02 Å². The van der Waals surface area contributed by atoms with Crippen molar-refractivity contribution in [2.24, 2.45) is 0 Å². The molecule has 8 heteroatoms. The lowest BCUT2D eigenvalue weighted by atomic mass is 9.83. The molecule has 0 spiro atoms. The lowest BCUT2D eigenvalue weighted by Gasteiger charge is -2.19. The van der Waals surface area contributed by atoms with Crippen LogP contribution in [0.4, 0.5) is 0 Å². The van der Waals surface area contributed by atoms with Crippen molar-refractivity contribution in [1.29, 1.82) is 0 Å². The Morgan fingerprint density at radius 3 is 2.30 bits per heavy atom. The molecule has 3 aromatic rings. The van der Waals surface area contributed by atoms with Gasteiger partial charge in [-0.15, -0.1) is 0 Å². The third kappa shape index (κ3) is 3.56. The smallest absolute Gasteiger partial charge is 0.340 e. The molecular formula is C25H15ClO7. The van der Waals surface area contributed by atoms with Crippen molar-refractivity contribution < 1.29 is 33.4 Å². The van der Waals surface area contributed by atoms with E-state index >= 15 is 0 Å². The second-order valence-corrected chi connectivity index (χ2v) is 7.79. The van der Waals surface area contributed by atoms with Gasteiger partial charge in [-0.3, -0.25) is 14.4 Å². The number of ketones is 3. The Morgan fingerprint density at radius 1 is 0.848 bits per heavy atom. The van der Waals surface area contributed by atoms with Crippen LogP contribution in [0.1, 0.15) is 52.6 Å². The highest BCUT2D eigenvalue weighted by atomic mass is 35.5. The van der Waals surface area contributed by atoms with Crippen molar-refractivity contribution in [2.45, 2.75) is 0 Å². The molecule has 1 heterocycles. The SMILES string of the molecule is O=C(COC(=O)c1ccc2c(c1Cl)C(=O)c1ccccc1C2=O)c1ccc2c(c1)OCCO2. The van der Waals surface area contributed by atoms with Gasteiger partial charge in [0.2, 0.25) is 0 Å². The van der Waals surface area contributed by atoms with Crippen LogP contribution >= 0.6 is 11.6 Å². The quantitative estimate of drug-likeness (QED) is 0.335. The molecule has 3 aromatic carbocycles. The van der Waals surface area contributed by atoms with Crippen LogP contribution in [-0.4, -0.2) is 43.1 Å². The number of benzene rings is 3. The zero-order valence-electron chi connectivity index (χ0n) is 17.1. The fourth-order valence-corrected chi connectivity index (χ4v) is 4.14. The van der Waals surface area contributed by atoms with Gasteiger partial charge < -0.3 is 14.2 Å². The summed E-state index contributed by atoms with van der Waals surface area (Å²) in [4.78, 5) is 50.9. The third-order valence-electron chi connectivity index (χ3n) is 5.45. The van der Waals surface area contributed by atoms with Gasteiger partial charge in [0.1, 0.15) is 13.2 Å². The molecule has 1 aliphatic carbocycles. The van der Waals surface area contributed by atoms with Crippen molar-refractivity contribution in [3.63, 3.8) is 0 Å². The number of carbonyl (C=O) groups excluding carboxylic acids is 4. The molecule has 7 nitrogen and oxygen atoms in total. The van der Waals surface area contributed by atoms with E-state index in [0.29, 0.717) is 30.3 Å². The zero-order chi connectivity index (χ0) is 23.1. The Kier molecular flexibility index (Phi) is 5.18. The number of rotatable bonds is 4. The molecule has 0 bridgehead atoms. The minimum atomic E-state index is -0.882. The number of ether oxygens (including phenoxy) is 3. The lowest BCUT2D eigenvalue weighted by Crippen LogP contribution is -2.23. The molecule has 33 heavy (non-hydrogen) atoms. The highest BCUT2D eigenvalue weighted by Crippen LogP contribution is 2.34. The first kappa shape index (κ1) is 20.9. The van der Waals surface area contributed by atoms with Gasteiger partial charge in [-0.1, -0.05) is 35.9 Å². The highest BCUT2D eigenvalue weighted by Gasteiger charge is 2.33. The minimum absolute atomic E-state index is 0.0482. The van der Waals surface area contributed by atoms with Crippen LogP contribution in [0.25, 0.3) is 0 Å². The normalized spacial score (nSPS) is 13.7. The van der Waals surface area contributed by atoms with E-state index in [1.807, 2.05) is 0 Å². The van der Waals surface area contributed by atoms with Crippen molar-refractivity contribution in [2.75, 3.05) is 19.8 Å². The third-order valence-corrected chi connectivity index (χ3v) is 5.84. The standard InChI is InChI=1S/C25H15ClO7/c26-22-17(7-6-16-21(22)24(29)15-4-2-1-3-14(15)23(16)28)25(30)33-12-18(27)13-5-8-19-20(11-13)32-10-9-31-19/h1-8,11H,9-10,12H2. The second kappa shape index (κ2) is 8.18. The maximum atomic E-state index is 13.0. The minimum Gasteiger partial charge on any atom is -0.486 e. The maximum absolute atomic E-state index is 13.0. The van der Waals surface area contributed by atoms with E-state index in [0.717, 1.165) is 0 Å². The molecule has 164 valence electrons. The van der Waals surface area contributed by atoms with Gasteiger partial charge in [-0.2, -0.15) is 0 Å². The van der Waals surface area contributed by atoms with Crippen LogP contribution in [-0.2, 0) is 4.74 Å². The maximum Gasteiger partial charge on any atom is 0.340 e. The van der Waals surface area contributed by atoms with Crippen LogP contribution in [0, 0.1) is 0 Å². The average molecular weight is 463 g/mol. The predicted octanol–water partition coefficient (Wildman–Crippen LogP) is 3.93. The Labute approximate surface area is 192 Å². The molecule has 5 rings (SSSR count). The van der Waals surface area contributed by atoms with Crippen molar-refractivity contribution in [1.82, 2.24) is 0 Å². The van der Waals surface area contributed by atoms with Crippen LogP contribution in [0.15, 0.2) is 54.6 Å². The van der Waals surface area contributed by atoms with E-state index < -0.39 is 24.1 Å². The Hall–Kier alpha value is -3.97. The molecule has 0 N–H and O–H groups in total. The Morgan fingerprint density at radius 2 is 1.55 bits per heavy atom. The first-order valence-electron chi connectivity index (χ1n) is 10.1. The van der Waals surface area contributed by atoms with Gasteiger partial charge >= 0.3 is 5.97 Å². The highest BCUT2D eigenvalue weighted by molar-refractivity contribution is 6.41. The number of esters is 1. The number of hydrogen-bond acceptors (Lipinski definition) is 7. The summed E-state index contributed by atoms with van der Waals surface area (Å²) in [6, 6.07) is 13.8. The van der Waals surface area contributed by atoms with E-state index in [-0.39, 0.29) is 38.6 Å². The molecule has 2 aliphatic rings. The van der Waals surface area contributed by atoms with Crippen LogP contribution in [0.3, 0.4) is 0 Å². The molecule has 0 aromatic heterocycles.